The number of hydrogen-bond acceptors (Lipinski definition) is 2. The van der Waals surface area contributed by atoms with Gasteiger partial charge >= 0.3 is 0 Å². The van der Waals surface area contributed by atoms with Crippen LogP contribution in [0.1, 0.15) is 49.7 Å². The molecular weight excluding hydrogens is 260 g/mol. The molecule has 21 heavy (non-hydrogen) atoms. The van der Waals surface area contributed by atoms with Gasteiger partial charge in [0.2, 0.25) is 5.91 Å². The minimum absolute atomic E-state index is 0.0807. The fourth-order valence-corrected chi connectivity index (χ4v) is 3.70. The first-order valence-electron chi connectivity index (χ1n) is 8.20. The normalized spacial score (nSPS) is 24.5. The lowest BCUT2D eigenvalue weighted by atomic mass is 9.78. The van der Waals surface area contributed by atoms with Gasteiger partial charge in [0.1, 0.15) is 0 Å². The van der Waals surface area contributed by atoms with E-state index in [1.807, 2.05) is 0 Å². The van der Waals surface area contributed by atoms with E-state index in [1.165, 1.54) is 11.1 Å². The fraction of sp³-hybridized carbons (Fsp3) is 0.611. The zero-order valence-electron chi connectivity index (χ0n) is 13.0. The molecule has 0 spiro atoms. The van der Waals surface area contributed by atoms with Crippen molar-refractivity contribution in [2.75, 3.05) is 19.6 Å². The summed E-state index contributed by atoms with van der Waals surface area (Å²) in [5, 5.41) is 0. The lowest BCUT2D eigenvalue weighted by Gasteiger charge is -2.40. The van der Waals surface area contributed by atoms with E-state index >= 15 is 0 Å². The molecule has 3 heteroatoms. The molecule has 1 amide bonds. The molecule has 0 saturated carbocycles. The highest BCUT2D eigenvalue weighted by molar-refractivity contribution is 5.84. The lowest BCUT2D eigenvalue weighted by molar-refractivity contribution is -0.135. The Balaban J connectivity index is 1.73. The summed E-state index contributed by atoms with van der Waals surface area (Å²) < 4.78 is 0. The maximum atomic E-state index is 12.9. The van der Waals surface area contributed by atoms with Crippen molar-refractivity contribution in [3.05, 3.63) is 35.4 Å². The average molecular weight is 286 g/mol. The highest BCUT2D eigenvalue weighted by atomic mass is 16.2. The molecule has 2 N–H and O–H groups in total. The summed E-state index contributed by atoms with van der Waals surface area (Å²) in [7, 11) is 0. The van der Waals surface area contributed by atoms with E-state index in [1.54, 1.807) is 0 Å². The number of amides is 1. The number of nitrogens with two attached hydrogens (primary N) is 1. The van der Waals surface area contributed by atoms with Crippen LogP contribution in [0.5, 0.6) is 0 Å². The number of rotatable bonds is 2. The Labute approximate surface area is 127 Å². The van der Waals surface area contributed by atoms with Gasteiger partial charge in [0, 0.05) is 13.1 Å². The average Bonchev–Trinajstić information content (AvgIpc) is 2.54. The van der Waals surface area contributed by atoms with Gasteiger partial charge in [-0.3, -0.25) is 4.79 Å². The molecule has 0 bridgehead atoms. The third kappa shape index (κ3) is 2.84. The van der Waals surface area contributed by atoms with Gasteiger partial charge in [-0.1, -0.05) is 31.2 Å². The van der Waals surface area contributed by atoms with Crippen molar-refractivity contribution < 1.29 is 4.79 Å². The Bertz CT molecular complexity index is 518. The molecule has 114 valence electrons. The second-order valence-corrected chi connectivity index (χ2v) is 6.98. The first-order chi connectivity index (χ1) is 10.1. The topological polar surface area (TPSA) is 46.3 Å². The van der Waals surface area contributed by atoms with Crippen molar-refractivity contribution in [3.8, 4) is 0 Å². The number of likely N-dealkylation sites (tertiary alicyclic amines) is 1. The zero-order valence-corrected chi connectivity index (χ0v) is 13.0. The fourth-order valence-electron chi connectivity index (χ4n) is 3.70. The van der Waals surface area contributed by atoms with Gasteiger partial charge in [-0.05, 0) is 55.2 Å². The van der Waals surface area contributed by atoms with Gasteiger partial charge in [0.05, 0.1) is 5.92 Å². The van der Waals surface area contributed by atoms with E-state index in [2.05, 4.69) is 36.1 Å². The predicted octanol–water partition coefficient (Wildman–Crippen LogP) is 2.69. The van der Waals surface area contributed by atoms with Gasteiger partial charge in [-0.25, -0.2) is 0 Å². The van der Waals surface area contributed by atoms with Crippen LogP contribution in [-0.2, 0) is 11.2 Å². The summed E-state index contributed by atoms with van der Waals surface area (Å²) in [6.45, 7) is 4.70. The van der Waals surface area contributed by atoms with Crippen LogP contribution < -0.4 is 5.73 Å². The quantitative estimate of drug-likeness (QED) is 0.908. The van der Waals surface area contributed by atoms with Crippen LogP contribution in [0.2, 0.25) is 0 Å². The second-order valence-electron chi connectivity index (χ2n) is 6.98. The number of benzene rings is 1. The Morgan fingerprint density at radius 3 is 2.76 bits per heavy atom. The number of carbonyl (C=O) groups excluding carboxylic acids is 1. The van der Waals surface area contributed by atoms with Crippen LogP contribution in [0.25, 0.3) is 0 Å². The maximum Gasteiger partial charge on any atom is 0.230 e. The van der Waals surface area contributed by atoms with Crippen LogP contribution in [0.4, 0.5) is 0 Å². The molecule has 1 saturated heterocycles. The van der Waals surface area contributed by atoms with Crippen molar-refractivity contribution in [1.29, 1.82) is 0 Å². The smallest absolute Gasteiger partial charge is 0.230 e. The SMILES string of the molecule is CC1(CN)CCN(C(=O)C2CCCc3ccccc32)CC1. The largest absolute Gasteiger partial charge is 0.342 e. The molecule has 1 aliphatic carbocycles. The Hall–Kier alpha value is -1.35. The number of carbonyl (C=O) groups is 1. The number of fused-ring (bicyclic) bond motifs is 1. The molecule has 1 aromatic rings. The van der Waals surface area contributed by atoms with Crippen LogP contribution >= 0.6 is 0 Å². The van der Waals surface area contributed by atoms with Crippen LogP contribution in [0, 0.1) is 5.41 Å². The van der Waals surface area contributed by atoms with Gasteiger partial charge in [0.25, 0.3) is 0 Å². The number of nitrogens with zero attached hydrogens (tertiary/aromatic N) is 1. The third-order valence-electron chi connectivity index (χ3n) is 5.44. The summed E-state index contributed by atoms with van der Waals surface area (Å²) in [5.41, 5.74) is 8.72. The first kappa shape index (κ1) is 14.6. The number of aryl methyl sites for hydroxylation is 1. The lowest BCUT2D eigenvalue weighted by Crippen LogP contribution is -2.46. The molecule has 3 nitrogen and oxygen atoms in total. The molecule has 0 aromatic heterocycles. The van der Waals surface area contributed by atoms with E-state index in [4.69, 9.17) is 5.73 Å². The van der Waals surface area contributed by atoms with E-state index in [9.17, 15) is 4.79 Å². The summed E-state index contributed by atoms with van der Waals surface area (Å²) in [5.74, 6) is 0.415. The van der Waals surface area contributed by atoms with Crippen molar-refractivity contribution in [2.24, 2.45) is 11.1 Å². The number of piperidine rings is 1. The molecule has 1 heterocycles. The number of hydrogen-bond donors (Lipinski definition) is 1. The van der Waals surface area contributed by atoms with E-state index in [0.717, 1.165) is 51.7 Å². The van der Waals surface area contributed by atoms with Crippen LogP contribution in [0.3, 0.4) is 0 Å². The van der Waals surface area contributed by atoms with Gasteiger partial charge in [-0.2, -0.15) is 0 Å². The van der Waals surface area contributed by atoms with Crippen molar-refractivity contribution in [2.45, 2.75) is 44.9 Å². The van der Waals surface area contributed by atoms with Gasteiger partial charge in [0.15, 0.2) is 0 Å². The summed E-state index contributed by atoms with van der Waals surface area (Å²) in [6, 6.07) is 8.47. The van der Waals surface area contributed by atoms with Gasteiger partial charge < -0.3 is 10.6 Å². The monoisotopic (exact) mass is 286 g/mol. The van der Waals surface area contributed by atoms with Crippen LogP contribution in [0.15, 0.2) is 24.3 Å². The standard InChI is InChI=1S/C18H26N2O/c1-18(13-19)9-11-20(12-10-18)17(21)16-8-4-6-14-5-2-3-7-15(14)16/h2-3,5,7,16H,4,6,8-13,19H2,1H3. The highest BCUT2D eigenvalue weighted by Crippen LogP contribution is 2.35. The van der Waals surface area contributed by atoms with E-state index in [-0.39, 0.29) is 11.3 Å². The third-order valence-corrected chi connectivity index (χ3v) is 5.44. The minimum Gasteiger partial charge on any atom is -0.342 e. The van der Waals surface area contributed by atoms with E-state index in [0.29, 0.717) is 5.91 Å². The predicted molar refractivity (Wildman–Crippen MR) is 85.1 cm³/mol. The minimum atomic E-state index is 0.0807. The molecule has 1 aromatic carbocycles. The molecule has 0 radical (unpaired) electrons. The van der Waals surface area contributed by atoms with Crippen LogP contribution in [-0.4, -0.2) is 30.4 Å². The Morgan fingerprint density at radius 2 is 2.05 bits per heavy atom. The summed E-state index contributed by atoms with van der Waals surface area (Å²) in [4.78, 5) is 15.0. The highest BCUT2D eigenvalue weighted by Gasteiger charge is 2.35. The molecule has 1 atom stereocenters. The first-order valence-corrected chi connectivity index (χ1v) is 8.20. The Morgan fingerprint density at radius 1 is 1.33 bits per heavy atom. The molecular formula is C18H26N2O. The Kier molecular flexibility index (Phi) is 4.03. The maximum absolute atomic E-state index is 12.9. The molecule has 3 rings (SSSR count). The zero-order chi connectivity index (χ0) is 14.9. The summed E-state index contributed by atoms with van der Waals surface area (Å²) in [6.07, 6.45) is 5.31. The van der Waals surface area contributed by atoms with E-state index < -0.39 is 0 Å². The molecule has 1 fully saturated rings. The van der Waals surface area contributed by atoms with Crippen molar-refractivity contribution >= 4 is 5.91 Å². The van der Waals surface area contributed by atoms with Gasteiger partial charge in [-0.15, -0.1) is 0 Å². The van der Waals surface area contributed by atoms with Crippen molar-refractivity contribution in [1.82, 2.24) is 4.90 Å². The molecule has 1 unspecified atom stereocenters. The molecule has 2 aliphatic rings. The second kappa shape index (κ2) is 5.80. The molecule has 1 aliphatic heterocycles. The van der Waals surface area contributed by atoms with Crippen molar-refractivity contribution in [3.63, 3.8) is 0 Å². The summed E-state index contributed by atoms with van der Waals surface area (Å²) >= 11 is 0.